The highest BCUT2D eigenvalue weighted by Gasteiger charge is 2.37. The van der Waals surface area contributed by atoms with Crippen LogP contribution in [0.25, 0.3) is 0 Å². The molecule has 0 radical (unpaired) electrons. The molecule has 1 saturated carbocycles. The van der Waals surface area contributed by atoms with E-state index in [0.717, 1.165) is 29.0 Å². The van der Waals surface area contributed by atoms with Crippen molar-refractivity contribution in [2.24, 2.45) is 5.92 Å². The van der Waals surface area contributed by atoms with Gasteiger partial charge in [-0.25, -0.2) is 0 Å². The van der Waals surface area contributed by atoms with Crippen molar-refractivity contribution in [3.05, 3.63) is 60.2 Å². The average Bonchev–Trinajstić information content (AvgIpc) is 3.52. The van der Waals surface area contributed by atoms with Crippen LogP contribution < -0.4 is 15.5 Å². The predicted octanol–water partition coefficient (Wildman–Crippen LogP) is 2.77. The van der Waals surface area contributed by atoms with E-state index in [1.165, 1.54) is 0 Å². The number of nitrogens with zero attached hydrogens (tertiary/aromatic N) is 1. The van der Waals surface area contributed by atoms with Crippen molar-refractivity contribution in [3.8, 4) is 0 Å². The fraction of sp³-hybridized carbons (Fsp3) is 0.375. The van der Waals surface area contributed by atoms with Crippen molar-refractivity contribution >= 4 is 35.2 Å². The van der Waals surface area contributed by atoms with Gasteiger partial charge in [-0.05, 0) is 48.9 Å². The Morgan fingerprint density at radius 3 is 2.45 bits per heavy atom. The molecule has 2 aliphatic rings. The largest absolute Gasteiger partial charge is 0.352 e. The van der Waals surface area contributed by atoms with Gasteiger partial charge in [-0.3, -0.25) is 14.4 Å². The summed E-state index contributed by atoms with van der Waals surface area (Å²) < 4.78 is 0. The first-order chi connectivity index (χ1) is 15.0. The second kappa shape index (κ2) is 9.56. The molecule has 2 atom stereocenters. The third-order valence-electron chi connectivity index (χ3n) is 5.72. The molecule has 4 rings (SSSR count). The predicted molar refractivity (Wildman–Crippen MR) is 122 cm³/mol. The van der Waals surface area contributed by atoms with Crippen LogP contribution in [-0.2, 0) is 20.8 Å². The molecule has 31 heavy (non-hydrogen) atoms. The number of nitrogens with one attached hydrogen (secondary N) is 2. The SMILES string of the molecule is CSc1ccc(N2CC(C(=O)NC(Cc3ccccc3)C(=O)NC3CC3)CC2=O)cc1. The number of benzene rings is 2. The van der Waals surface area contributed by atoms with Gasteiger partial charge in [0.1, 0.15) is 6.04 Å². The lowest BCUT2D eigenvalue weighted by Crippen LogP contribution is -2.50. The number of amides is 3. The zero-order valence-electron chi connectivity index (χ0n) is 17.5. The number of thioether (sulfide) groups is 1. The average molecular weight is 438 g/mol. The minimum Gasteiger partial charge on any atom is -0.352 e. The number of hydrogen-bond donors (Lipinski definition) is 2. The van der Waals surface area contributed by atoms with Crippen LogP contribution in [0.4, 0.5) is 5.69 Å². The summed E-state index contributed by atoms with van der Waals surface area (Å²) in [4.78, 5) is 41.1. The van der Waals surface area contributed by atoms with Crippen molar-refractivity contribution in [3.63, 3.8) is 0 Å². The molecule has 6 nitrogen and oxygen atoms in total. The molecule has 7 heteroatoms. The molecule has 1 aliphatic carbocycles. The fourth-order valence-corrected chi connectivity index (χ4v) is 4.18. The van der Waals surface area contributed by atoms with Gasteiger partial charge in [-0.1, -0.05) is 30.3 Å². The van der Waals surface area contributed by atoms with Crippen LogP contribution in [-0.4, -0.2) is 42.6 Å². The van der Waals surface area contributed by atoms with Crippen molar-refractivity contribution < 1.29 is 14.4 Å². The van der Waals surface area contributed by atoms with Gasteiger partial charge in [-0.15, -0.1) is 11.8 Å². The van der Waals surface area contributed by atoms with Crippen LogP contribution in [0.3, 0.4) is 0 Å². The van der Waals surface area contributed by atoms with E-state index in [1.807, 2.05) is 60.9 Å². The lowest BCUT2D eigenvalue weighted by atomic mass is 10.0. The molecule has 162 valence electrons. The van der Waals surface area contributed by atoms with E-state index in [4.69, 9.17) is 0 Å². The standard InChI is InChI=1S/C24H27N3O3S/c1-31-20-11-9-19(10-12-20)27-15-17(14-22(27)28)23(29)26-21(24(30)25-18-7-8-18)13-16-5-3-2-4-6-16/h2-6,9-12,17-18,21H,7-8,13-15H2,1H3,(H,25,30)(H,26,29). The highest BCUT2D eigenvalue weighted by molar-refractivity contribution is 7.98. The lowest BCUT2D eigenvalue weighted by molar-refractivity contribution is -0.131. The van der Waals surface area contributed by atoms with Crippen LogP contribution in [0.15, 0.2) is 59.5 Å². The van der Waals surface area contributed by atoms with E-state index in [-0.39, 0.29) is 30.2 Å². The molecule has 1 saturated heterocycles. The molecule has 2 aromatic rings. The number of hydrogen-bond acceptors (Lipinski definition) is 4. The summed E-state index contributed by atoms with van der Waals surface area (Å²) in [7, 11) is 0. The zero-order chi connectivity index (χ0) is 21.8. The molecular formula is C24H27N3O3S. The molecule has 2 N–H and O–H groups in total. The van der Waals surface area contributed by atoms with E-state index in [2.05, 4.69) is 10.6 Å². The second-order valence-corrected chi connectivity index (χ2v) is 9.02. The topological polar surface area (TPSA) is 78.5 Å². The Hall–Kier alpha value is -2.80. The van der Waals surface area contributed by atoms with Gasteiger partial charge in [0.15, 0.2) is 0 Å². The minimum atomic E-state index is -0.652. The van der Waals surface area contributed by atoms with Gasteiger partial charge < -0.3 is 15.5 Å². The molecule has 2 aromatic carbocycles. The normalized spacial score (nSPS) is 19.2. The highest BCUT2D eigenvalue weighted by Crippen LogP contribution is 2.27. The van der Waals surface area contributed by atoms with Gasteiger partial charge in [0.2, 0.25) is 17.7 Å². The summed E-state index contributed by atoms with van der Waals surface area (Å²) in [6, 6.07) is 17.0. The van der Waals surface area contributed by atoms with Gasteiger partial charge in [0.05, 0.1) is 5.92 Å². The number of anilines is 1. The molecule has 0 spiro atoms. The van der Waals surface area contributed by atoms with Gasteiger partial charge in [0.25, 0.3) is 0 Å². The van der Waals surface area contributed by atoms with Crippen molar-refractivity contribution in [1.29, 1.82) is 0 Å². The lowest BCUT2D eigenvalue weighted by Gasteiger charge is -2.21. The molecule has 1 heterocycles. The van der Waals surface area contributed by atoms with Crippen LogP contribution in [0, 0.1) is 5.92 Å². The fourth-order valence-electron chi connectivity index (χ4n) is 3.77. The van der Waals surface area contributed by atoms with Crippen LogP contribution in [0.1, 0.15) is 24.8 Å². The Balaban J connectivity index is 1.42. The first-order valence-corrected chi connectivity index (χ1v) is 11.8. The van der Waals surface area contributed by atoms with E-state index in [0.29, 0.717) is 13.0 Å². The first-order valence-electron chi connectivity index (χ1n) is 10.6. The van der Waals surface area contributed by atoms with Gasteiger partial charge >= 0.3 is 0 Å². The maximum atomic E-state index is 13.0. The van der Waals surface area contributed by atoms with Gasteiger partial charge in [-0.2, -0.15) is 0 Å². The molecule has 1 aliphatic heterocycles. The number of carbonyl (C=O) groups excluding carboxylic acids is 3. The molecule has 0 bridgehead atoms. The summed E-state index contributed by atoms with van der Waals surface area (Å²) in [6.45, 7) is 0.325. The molecule has 0 aromatic heterocycles. The second-order valence-electron chi connectivity index (χ2n) is 8.14. The third-order valence-corrected chi connectivity index (χ3v) is 6.46. The minimum absolute atomic E-state index is 0.0703. The maximum Gasteiger partial charge on any atom is 0.243 e. The maximum absolute atomic E-state index is 13.0. The Morgan fingerprint density at radius 1 is 1.10 bits per heavy atom. The van der Waals surface area contributed by atoms with E-state index < -0.39 is 12.0 Å². The molecule has 2 unspecified atom stereocenters. The Morgan fingerprint density at radius 2 is 1.81 bits per heavy atom. The molecule has 3 amide bonds. The summed E-state index contributed by atoms with van der Waals surface area (Å²) >= 11 is 1.64. The first kappa shape index (κ1) is 21.4. The van der Waals surface area contributed by atoms with Crippen molar-refractivity contribution in [1.82, 2.24) is 10.6 Å². The van der Waals surface area contributed by atoms with Gasteiger partial charge in [0, 0.05) is 36.0 Å². The third kappa shape index (κ3) is 5.47. The summed E-state index contributed by atoms with van der Waals surface area (Å²) in [5, 5.41) is 5.91. The monoisotopic (exact) mass is 437 g/mol. The number of rotatable bonds is 8. The summed E-state index contributed by atoms with van der Waals surface area (Å²) in [5.41, 5.74) is 1.78. The summed E-state index contributed by atoms with van der Waals surface area (Å²) in [6.07, 6.45) is 4.55. The zero-order valence-corrected chi connectivity index (χ0v) is 18.4. The Labute approximate surface area is 186 Å². The van der Waals surface area contributed by atoms with E-state index in [1.54, 1.807) is 16.7 Å². The Bertz CT molecular complexity index is 944. The Kier molecular flexibility index (Phi) is 6.61. The van der Waals surface area contributed by atoms with E-state index >= 15 is 0 Å². The smallest absolute Gasteiger partial charge is 0.243 e. The van der Waals surface area contributed by atoms with Crippen molar-refractivity contribution in [2.75, 3.05) is 17.7 Å². The van der Waals surface area contributed by atoms with Crippen LogP contribution in [0.5, 0.6) is 0 Å². The van der Waals surface area contributed by atoms with Crippen molar-refractivity contribution in [2.45, 2.75) is 42.7 Å². The van der Waals surface area contributed by atoms with E-state index in [9.17, 15) is 14.4 Å². The molecular weight excluding hydrogens is 410 g/mol. The van der Waals surface area contributed by atoms with Crippen LogP contribution in [0.2, 0.25) is 0 Å². The van der Waals surface area contributed by atoms with Crippen LogP contribution >= 0.6 is 11.8 Å². The summed E-state index contributed by atoms with van der Waals surface area (Å²) in [5.74, 6) is -0.948. The number of carbonyl (C=O) groups is 3. The highest BCUT2D eigenvalue weighted by atomic mass is 32.2. The quantitative estimate of drug-likeness (QED) is 0.623. The molecule has 2 fully saturated rings.